The van der Waals surface area contributed by atoms with E-state index in [1.807, 2.05) is 31.2 Å². The molecule has 0 saturated heterocycles. The molecule has 0 spiro atoms. The van der Waals surface area contributed by atoms with Crippen LogP contribution >= 0.6 is 0 Å². The number of fused-ring (bicyclic) bond motifs is 1. The summed E-state index contributed by atoms with van der Waals surface area (Å²) in [6.07, 6.45) is -0.980. The predicted molar refractivity (Wildman–Crippen MR) is 129 cm³/mol. The standard InChI is InChI=1S/C26H25N3O5/c1-4-33-21-12-8-19(9-13-21)27-25(30)16(2)34-26(31)18-7-14-22-23(15-18)29-24(28-22)17-5-10-20(32-3)11-6-17/h5-16H,4H2,1-3H3,(H,27,30)(H,28,29). The van der Waals surface area contributed by atoms with Crippen molar-refractivity contribution in [3.05, 3.63) is 72.3 Å². The molecule has 0 aliphatic heterocycles. The SMILES string of the molecule is CCOc1ccc(NC(=O)C(C)OC(=O)c2ccc3nc(-c4ccc(OC)cc4)[nH]c3c2)cc1. The van der Waals surface area contributed by atoms with Crippen LogP contribution in [0.25, 0.3) is 22.4 Å². The molecule has 0 fully saturated rings. The van der Waals surface area contributed by atoms with Crippen LogP contribution in [-0.2, 0) is 9.53 Å². The van der Waals surface area contributed by atoms with Gasteiger partial charge in [0, 0.05) is 11.3 Å². The Morgan fingerprint density at radius 3 is 2.38 bits per heavy atom. The summed E-state index contributed by atoms with van der Waals surface area (Å²) < 4.78 is 15.9. The summed E-state index contributed by atoms with van der Waals surface area (Å²) in [5.41, 5.74) is 3.19. The number of benzene rings is 3. The predicted octanol–water partition coefficient (Wildman–Crippen LogP) is 4.82. The molecule has 174 valence electrons. The normalized spacial score (nSPS) is 11.6. The van der Waals surface area contributed by atoms with Gasteiger partial charge in [0.25, 0.3) is 5.91 Å². The zero-order valence-corrected chi connectivity index (χ0v) is 19.1. The molecule has 1 unspecified atom stereocenters. The number of aromatic amines is 1. The maximum atomic E-state index is 12.7. The average molecular weight is 460 g/mol. The number of hydrogen-bond acceptors (Lipinski definition) is 6. The molecule has 34 heavy (non-hydrogen) atoms. The van der Waals surface area contributed by atoms with Crippen LogP contribution in [0.3, 0.4) is 0 Å². The molecule has 0 radical (unpaired) electrons. The third kappa shape index (κ3) is 5.17. The van der Waals surface area contributed by atoms with E-state index in [0.29, 0.717) is 40.5 Å². The number of hydrogen-bond donors (Lipinski definition) is 2. The van der Waals surface area contributed by atoms with E-state index in [2.05, 4.69) is 15.3 Å². The average Bonchev–Trinajstić information content (AvgIpc) is 3.29. The van der Waals surface area contributed by atoms with Crippen LogP contribution in [0.1, 0.15) is 24.2 Å². The molecule has 0 saturated carbocycles. The Morgan fingerprint density at radius 1 is 1.00 bits per heavy atom. The summed E-state index contributed by atoms with van der Waals surface area (Å²) in [4.78, 5) is 32.9. The monoisotopic (exact) mass is 459 g/mol. The number of aromatic nitrogens is 2. The number of nitrogens with zero attached hydrogens (tertiary/aromatic N) is 1. The smallest absolute Gasteiger partial charge is 0.338 e. The van der Waals surface area contributed by atoms with Gasteiger partial charge < -0.3 is 24.5 Å². The van der Waals surface area contributed by atoms with Crippen LogP contribution in [0.4, 0.5) is 5.69 Å². The van der Waals surface area contributed by atoms with Gasteiger partial charge in [-0.2, -0.15) is 0 Å². The molecule has 4 rings (SSSR count). The molecular weight excluding hydrogens is 434 g/mol. The van der Waals surface area contributed by atoms with Crippen molar-refractivity contribution in [2.45, 2.75) is 20.0 Å². The molecule has 8 nitrogen and oxygen atoms in total. The van der Waals surface area contributed by atoms with Gasteiger partial charge in [-0.25, -0.2) is 9.78 Å². The van der Waals surface area contributed by atoms with E-state index in [4.69, 9.17) is 14.2 Å². The van der Waals surface area contributed by atoms with Crippen LogP contribution in [0, 0.1) is 0 Å². The number of methoxy groups -OCH3 is 1. The number of H-pyrrole nitrogens is 1. The molecule has 4 aromatic rings. The van der Waals surface area contributed by atoms with E-state index in [0.717, 1.165) is 11.3 Å². The summed E-state index contributed by atoms with van der Waals surface area (Å²) in [5, 5.41) is 2.73. The molecule has 2 N–H and O–H groups in total. The minimum absolute atomic E-state index is 0.318. The van der Waals surface area contributed by atoms with Crippen molar-refractivity contribution in [3.8, 4) is 22.9 Å². The number of amides is 1. The zero-order valence-electron chi connectivity index (χ0n) is 19.1. The van der Waals surface area contributed by atoms with E-state index in [-0.39, 0.29) is 0 Å². The van der Waals surface area contributed by atoms with E-state index in [1.165, 1.54) is 6.92 Å². The van der Waals surface area contributed by atoms with Crippen molar-refractivity contribution >= 4 is 28.6 Å². The number of esters is 1. The molecule has 0 bridgehead atoms. The van der Waals surface area contributed by atoms with Crippen molar-refractivity contribution in [2.24, 2.45) is 0 Å². The topological polar surface area (TPSA) is 103 Å². The fourth-order valence-electron chi connectivity index (χ4n) is 3.35. The van der Waals surface area contributed by atoms with Gasteiger partial charge in [-0.1, -0.05) is 0 Å². The molecule has 1 heterocycles. The summed E-state index contributed by atoms with van der Waals surface area (Å²) in [7, 11) is 1.61. The lowest BCUT2D eigenvalue weighted by molar-refractivity contribution is -0.123. The molecule has 1 atom stereocenters. The van der Waals surface area contributed by atoms with Crippen LogP contribution in [0.5, 0.6) is 11.5 Å². The van der Waals surface area contributed by atoms with Gasteiger partial charge in [-0.05, 0) is 80.6 Å². The Balaban J connectivity index is 1.41. The Morgan fingerprint density at radius 2 is 1.71 bits per heavy atom. The lowest BCUT2D eigenvalue weighted by atomic mass is 10.2. The van der Waals surface area contributed by atoms with Crippen LogP contribution in [0.15, 0.2) is 66.7 Å². The largest absolute Gasteiger partial charge is 0.497 e. The van der Waals surface area contributed by atoms with E-state index >= 15 is 0 Å². The number of imidazole rings is 1. The second kappa shape index (κ2) is 10.1. The highest BCUT2D eigenvalue weighted by Crippen LogP contribution is 2.24. The Bertz CT molecular complexity index is 1300. The quantitative estimate of drug-likeness (QED) is 0.366. The first-order valence-electron chi connectivity index (χ1n) is 10.9. The highest BCUT2D eigenvalue weighted by molar-refractivity contribution is 5.98. The van der Waals surface area contributed by atoms with Gasteiger partial charge in [-0.15, -0.1) is 0 Å². The van der Waals surface area contributed by atoms with Crippen LogP contribution in [-0.4, -0.2) is 41.7 Å². The third-order valence-corrected chi connectivity index (χ3v) is 5.17. The van der Waals surface area contributed by atoms with Gasteiger partial charge in [0.1, 0.15) is 17.3 Å². The van der Waals surface area contributed by atoms with Crippen molar-refractivity contribution in [2.75, 3.05) is 19.0 Å². The second-order valence-electron chi connectivity index (χ2n) is 7.54. The number of carbonyl (C=O) groups is 2. The summed E-state index contributed by atoms with van der Waals surface area (Å²) in [5.74, 6) is 1.11. The lowest BCUT2D eigenvalue weighted by Gasteiger charge is -2.14. The first kappa shape index (κ1) is 22.8. The number of rotatable bonds is 8. The summed E-state index contributed by atoms with van der Waals surface area (Å²) in [6.45, 7) is 3.99. The minimum atomic E-state index is -0.980. The maximum Gasteiger partial charge on any atom is 0.338 e. The van der Waals surface area contributed by atoms with E-state index < -0.39 is 18.0 Å². The Hall–Kier alpha value is -4.33. The van der Waals surface area contributed by atoms with Crippen molar-refractivity contribution in [1.29, 1.82) is 0 Å². The number of ether oxygens (including phenoxy) is 3. The van der Waals surface area contributed by atoms with E-state index in [1.54, 1.807) is 49.6 Å². The summed E-state index contributed by atoms with van der Waals surface area (Å²) >= 11 is 0. The highest BCUT2D eigenvalue weighted by Gasteiger charge is 2.20. The van der Waals surface area contributed by atoms with Gasteiger partial charge in [-0.3, -0.25) is 4.79 Å². The Labute approximate surface area is 196 Å². The molecule has 0 aliphatic carbocycles. The summed E-state index contributed by atoms with van der Waals surface area (Å²) in [6, 6.07) is 19.5. The Kier molecular flexibility index (Phi) is 6.77. The zero-order chi connectivity index (χ0) is 24.1. The van der Waals surface area contributed by atoms with Gasteiger partial charge >= 0.3 is 5.97 Å². The maximum absolute atomic E-state index is 12.7. The van der Waals surface area contributed by atoms with Crippen LogP contribution in [0.2, 0.25) is 0 Å². The minimum Gasteiger partial charge on any atom is -0.497 e. The lowest BCUT2D eigenvalue weighted by Crippen LogP contribution is -2.30. The molecule has 1 amide bonds. The number of carbonyl (C=O) groups excluding carboxylic acids is 2. The molecular formula is C26H25N3O5. The molecule has 8 heteroatoms. The fourth-order valence-corrected chi connectivity index (χ4v) is 3.35. The molecule has 3 aromatic carbocycles. The van der Waals surface area contributed by atoms with Gasteiger partial charge in [0.05, 0.1) is 30.3 Å². The number of nitrogens with one attached hydrogen (secondary N) is 2. The van der Waals surface area contributed by atoms with Gasteiger partial charge in [0.2, 0.25) is 0 Å². The van der Waals surface area contributed by atoms with Crippen molar-refractivity contribution in [1.82, 2.24) is 9.97 Å². The molecule has 0 aliphatic rings. The first-order valence-corrected chi connectivity index (χ1v) is 10.9. The third-order valence-electron chi connectivity index (χ3n) is 5.17. The number of anilines is 1. The van der Waals surface area contributed by atoms with Gasteiger partial charge in [0.15, 0.2) is 6.10 Å². The van der Waals surface area contributed by atoms with Crippen molar-refractivity contribution < 1.29 is 23.8 Å². The molecule has 1 aromatic heterocycles. The first-order chi connectivity index (χ1) is 16.5. The van der Waals surface area contributed by atoms with E-state index in [9.17, 15) is 9.59 Å². The van der Waals surface area contributed by atoms with Crippen LogP contribution < -0.4 is 14.8 Å². The van der Waals surface area contributed by atoms with Crippen molar-refractivity contribution in [3.63, 3.8) is 0 Å². The second-order valence-corrected chi connectivity index (χ2v) is 7.54. The fraction of sp³-hybridized carbons (Fsp3) is 0.192. The highest BCUT2D eigenvalue weighted by atomic mass is 16.5.